The summed E-state index contributed by atoms with van der Waals surface area (Å²) < 4.78 is 0. The maximum Gasteiger partial charge on any atom is 0.231 e. The number of rotatable bonds is 2. The van der Waals surface area contributed by atoms with E-state index in [4.69, 9.17) is 11.6 Å². The van der Waals surface area contributed by atoms with Crippen molar-refractivity contribution in [1.29, 1.82) is 0 Å². The van der Waals surface area contributed by atoms with E-state index in [0.29, 0.717) is 0 Å². The van der Waals surface area contributed by atoms with Gasteiger partial charge in [-0.05, 0) is 37.4 Å². The summed E-state index contributed by atoms with van der Waals surface area (Å²) >= 11 is 5.52. The van der Waals surface area contributed by atoms with Gasteiger partial charge in [0.25, 0.3) is 0 Å². The Morgan fingerprint density at radius 1 is 1.46 bits per heavy atom. The quantitative estimate of drug-likeness (QED) is 0.620. The predicted octanol–water partition coefficient (Wildman–Crippen LogP) is 3.22. The van der Waals surface area contributed by atoms with Crippen LogP contribution in [0.15, 0.2) is 36.0 Å². The highest BCUT2D eigenvalue weighted by Gasteiger charge is 2.28. The van der Waals surface area contributed by atoms with Crippen LogP contribution in [0.25, 0.3) is 0 Å². The Morgan fingerprint density at radius 3 is 2.77 bits per heavy atom. The zero-order valence-corrected chi connectivity index (χ0v) is 8.64. The molecule has 70 valence electrons. The van der Waals surface area contributed by atoms with Gasteiger partial charge >= 0.3 is 0 Å². The average molecular weight is 197 g/mol. The van der Waals surface area contributed by atoms with Crippen molar-refractivity contribution >= 4 is 16.8 Å². The van der Waals surface area contributed by atoms with Gasteiger partial charge in [0.05, 0.1) is 5.41 Å². The molecule has 1 rings (SSSR count). The fourth-order valence-corrected chi connectivity index (χ4v) is 1.22. The zero-order valence-electron chi connectivity index (χ0n) is 7.88. The summed E-state index contributed by atoms with van der Waals surface area (Å²) in [5, 5.41) is -0.321. The first kappa shape index (κ1) is 10.3. The first-order valence-corrected chi connectivity index (χ1v) is 4.66. The molecule has 0 aromatic rings. The zero-order chi connectivity index (χ0) is 9.90. The van der Waals surface area contributed by atoms with Crippen molar-refractivity contribution in [1.82, 2.24) is 0 Å². The molecular formula is C11H13ClO. The molecule has 0 saturated carbocycles. The second kappa shape index (κ2) is 3.93. The summed E-state index contributed by atoms with van der Waals surface area (Å²) in [5.74, 6) is 0. The van der Waals surface area contributed by atoms with Crippen molar-refractivity contribution in [2.75, 3.05) is 0 Å². The van der Waals surface area contributed by atoms with Crippen molar-refractivity contribution in [3.63, 3.8) is 0 Å². The van der Waals surface area contributed by atoms with Crippen LogP contribution in [-0.2, 0) is 4.79 Å². The normalized spacial score (nSPS) is 16.7. The molecule has 0 saturated heterocycles. The fraction of sp³-hybridized carbons (Fsp3) is 0.364. The second-order valence-corrected chi connectivity index (χ2v) is 3.93. The molecule has 0 aromatic heterocycles. The minimum Gasteiger partial charge on any atom is -0.280 e. The first-order valence-electron chi connectivity index (χ1n) is 4.29. The highest BCUT2D eigenvalue weighted by molar-refractivity contribution is 6.65. The van der Waals surface area contributed by atoms with Gasteiger partial charge in [0, 0.05) is 0 Å². The van der Waals surface area contributed by atoms with Crippen LogP contribution in [0.2, 0.25) is 0 Å². The van der Waals surface area contributed by atoms with Gasteiger partial charge in [-0.2, -0.15) is 0 Å². The number of carbonyl (C=O) groups excluding carboxylic acids is 1. The van der Waals surface area contributed by atoms with Gasteiger partial charge in [-0.15, -0.1) is 0 Å². The van der Waals surface area contributed by atoms with E-state index in [2.05, 4.69) is 0 Å². The molecule has 0 N–H and O–H groups in total. The molecule has 0 bridgehead atoms. The maximum atomic E-state index is 11.1. The summed E-state index contributed by atoms with van der Waals surface area (Å²) in [6, 6.07) is 0. The van der Waals surface area contributed by atoms with E-state index in [1.54, 1.807) is 0 Å². The minimum atomic E-state index is -0.591. The van der Waals surface area contributed by atoms with E-state index in [-0.39, 0.29) is 5.24 Å². The van der Waals surface area contributed by atoms with Crippen LogP contribution in [0.4, 0.5) is 0 Å². The molecule has 0 heterocycles. The Morgan fingerprint density at radius 2 is 2.15 bits per heavy atom. The monoisotopic (exact) mass is 196 g/mol. The Balaban J connectivity index is 2.99. The lowest BCUT2D eigenvalue weighted by Gasteiger charge is -2.20. The summed E-state index contributed by atoms with van der Waals surface area (Å²) in [4.78, 5) is 11.1. The van der Waals surface area contributed by atoms with Crippen LogP contribution >= 0.6 is 11.6 Å². The number of hydrogen-bond acceptors (Lipinski definition) is 1. The van der Waals surface area contributed by atoms with E-state index >= 15 is 0 Å². The van der Waals surface area contributed by atoms with Crippen molar-refractivity contribution in [2.45, 2.75) is 20.3 Å². The smallest absolute Gasteiger partial charge is 0.231 e. The molecule has 2 heteroatoms. The van der Waals surface area contributed by atoms with Gasteiger partial charge < -0.3 is 0 Å². The molecule has 0 amide bonds. The van der Waals surface area contributed by atoms with E-state index in [9.17, 15) is 4.79 Å². The lowest BCUT2D eigenvalue weighted by molar-refractivity contribution is -0.117. The van der Waals surface area contributed by atoms with Crippen molar-refractivity contribution in [2.24, 2.45) is 5.41 Å². The van der Waals surface area contributed by atoms with E-state index in [1.165, 1.54) is 0 Å². The second-order valence-electron chi connectivity index (χ2n) is 3.59. The molecule has 1 nitrogen and oxygen atoms in total. The van der Waals surface area contributed by atoms with E-state index < -0.39 is 5.41 Å². The predicted molar refractivity (Wildman–Crippen MR) is 55.6 cm³/mol. The van der Waals surface area contributed by atoms with Crippen LogP contribution < -0.4 is 0 Å². The molecule has 0 fully saturated rings. The van der Waals surface area contributed by atoms with Crippen molar-refractivity contribution in [3.05, 3.63) is 36.0 Å². The molecule has 0 spiro atoms. The maximum absolute atomic E-state index is 11.1. The Kier molecular flexibility index (Phi) is 3.10. The number of carbonyl (C=O) groups is 1. The fourth-order valence-electron chi connectivity index (χ4n) is 1.11. The molecule has 13 heavy (non-hydrogen) atoms. The van der Waals surface area contributed by atoms with Crippen LogP contribution in [-0.4, -0.2) is 5.24 Å². The van der Waals surface area contributed by atoms with Crippen LogP contribution in [0.1, 0.15) is 20.3 Å². The van der Waals surface area contributed by atoms with Crippen LogP contribution in [0, 0.1) is 5.41 Å². The summed E-state index contributed by atoms with van der Waals surface area (Å²) in [7, 11) is 0. The molecular weight excluding hydrogens is 184 g/mol. The Labute approximate surface area is 83.8 Å². The molecule has 0 unspecified atom stereocenters. The third-order valence-electron chi connectivity index (χ3n) is 2.19. The van der Waals surface area contributed by atoms with E-state index in [1.807, 2.05) is 44.2 Å². The summed E-state index contributed by atoms with van der Waals surface area (Å²) in [5.41, 5.74) is 0.369. The standard InChI is InChI=1S/C11H13ClO/c1-11(2,10(12)13)9-7-5-3-4-6-8-9/h3,5-8H,4H2,1-2H3. The SMILES string of the molecule is CC(C)(C(=O)Cl)C1=CC=CCC=C1. The molecule has 1 aliphatic carbocycles. The molecule has 0 aliphatic heterocycles. The Hall–Kier alpha value is -0.820. The largest absolute Gasteiger partial charge is 0.280 e. The molecule has 0 radical (unpaired) electrons. The molecule has 0 atom stereocenters. The molecule has 0 aromatic carbocycles. The van der Waals surface area contributed by atoms with Gasteiger partial charge in [0.1, 0.15) is 0 Å². The lowest BCUT2D eigenvalue weighted by Crippen LogP contribution is -2.21. The van der Waals surface area contributed by atoms with Crippen LogP contribution in [0.3, 0.4) is 0 Å². The van der Waals surface area contributed by atoms with Gasteiger partial charge in [-0.25, -0.2) is 0 Å². The van der Waals surface area contributed by atoms with E-state index in [0.717, 1.165) is 12.0 Å². The van der Waals surface area contributed by atoms with Gasteiger partial charge in [-0.3, -0.25) is 4.79 Å². The number of halogens is 1. The summed E-state index contributed by atoms with van der Waals surface area (Å²) in [6.45, 7) is 3.66. The average Bonchev–Trinajstić information content (AvgIpc) is 2.31. The third kappa shape index (κ3) is 2.31. The van der Waals surface area contributed by atoms with Crippen molar-refractivity contribution in [3.8, 4) is 0 Å². The number of allylic oxidation sites excluding steroid dienone is 6. The minimum absolute atomic E-state index is 0.321. The summed E-state index contributed by atoms with van der Waals surface area (Å²) in [6.07, 6.45) is 10.8. The van der Waals surface area contributed by atoms with Gasteiger partial charge in [-0.1, -0.05) is 30.4 Å². The number of hydrogen-bond donors (Lipinski definition) is 0. The lowest BCUT2D eigenvalue weighted by atomic mass is 9.85. The third-order valence-corrected chi connectivity index (χ3v) is 2.67. The van der Waals surface area contributed by atoms with Gasteiger partial charge in [0.15, 0.2) is 0 Å². The first-order chi connectivity index (χ1) is 6.05. The van der Waals surface area contributed by atoms with Crippen molar-refractivity contribution < 1.29 is 4.79 Å². The highest BCUT2D eigenvalue weighted by Crippen LogP contribution is 2.30. The Bertz CT molecular complexity index is 295. The highest BCUT2D eigenvalue weighted by atomic mass is 35.5. The van der Waals surface area contributed by atoms with Gasteiger partial charge in [0.2, 0.25) is 5.24 Å². The van der Waals surface area contributed by atoms with Crippen LogP contribution in [0.5, 0.6) is 0 Å². The topological polar surface area (TPSA) is 17.1 Å². The molecule has 1 aliphatic rings.